The fourth-order valence-corrected chi connectivity index (χ4v) is 4.27. The van der Waals surface area contributed by atoms with E-state index in [1.165, 1.54) is 0 Å². The van der Waals surface area contributed by atoms with Crippen molar-refractivity contribution in [3.05, 3.63) is 125 Å². The number of rotatable bonds is 8. The zero-order valence-corrected chi connectivity index (χ0v) is 18.4. The topological polar surface area (TPSA) is 67.3 Å². The van der Waals surface area contributed by atoms with Crippen molar-refractivity contribution < 1.29 is 14.7 Å². The first-order valence-electron chi connectivity index (χ1n) is 10.9. The molecule has 0 aliphatic heterocycles. The summed E-state index contributed by atoms with van der Waals surface area (Å²) in [7, 11) is 0. The first-order chi connectivity index (χ1) is 16.0. The summed E-state index contributed by atoms with van der Waals surface area (Å²) in [6, 6.07) is 27.0. The fraction of sp³-hybridized carbons (Fsp3) is 0.138. The Bertz CT molecular complexity index is 1300. The van der Waals surface area contributed by atoms with Crippen molar-refractivity contribution in [1.29, 1.82) is 0 Å². The van der Waals surface area contributed by atoms with Gasteiger partial charge < -0.3 is 5.11 Å². The first kappa shape index (κ1) is 22.2. The summed E-state index contributed by atoms with van der Waals surface area (Å²) in [5, 5.41) is 9.31. The number of hydrogen-bond donors (Lipinski definition) is 1. The number of nitrogens with zero attached hydrogens (tertiary/aromatic N) is 1. The van der Waals surface area contributed by atoms with Gasteiger partial charge in [0.25, 0.3) is 0 Å². The van der Waals surface area contributed by atoms with E-state index in [2.05, 4.69) is 23.2 Å². The van der Waals surface area contributed by atoms with Gasteiger partial charge >= 0.3 is 5.97 Å². The molecule has 0 bridgehead atoms. The van der Waals surface area contributed by atoms with Gasteiger partial charge in [-0.3, -0.25) is 9.78 Å². The number of carboxylic acid groups (broad SMARTS) is 1. The van der Waals surface area contributed by atoms with Crippen LogP contribution in [0.25, 0.3) is 11.1 Å². The molecule has 33 heavy (non-hydrogen) atoms. The lowest BCUT2D eigenvalue weighted by Gasteiger charge is -2.20. The van der Waals surface area contributed by atoms with Crippen molar-refractivity contribution in [3.8, 4) is 11.1 Å². The van der Waals surface area contributed by atoms with Crippen LogP contribution in [0.15, 0.2) is 91.1 Å². The lowest BCUT2D eigenvalue weighted by molar-refractivity contribution is 0.0696. The molecule has 0 radical (unpaired) electrons. The lowest BCUT2D eigenvalue weighted by atomic mass is 9.84. The van der Waals surface area contributed by atoms with E-state index in [0.717, 1.165) is 52.6 Å². The van der Waals surface area contributed by atoms with Gasteiger partial charge in [0.05, 0.1) is 5.56 Å². The Morgan fingerprint density at radius 2 is 1.70 bits per heavy atom. The average molecular weight is 436 g/mol. The van der Waals surface area contributed by atoms with Crippen LogP contribution < -0.4 is 0 Å². The molecule has 0 amide bonds. The maximum Gasteiger partial charge on any atom is 0.335 e. The number of pyridine rings is 1. The minimum atomic E-state index is -0.933. The molecule has 164 valence electrons. The van der Waals surface area contributed by atoms with Crippen molar-refractivity contribution >= 4 is 12.3 Å². The number of carbonyl (C=O) groups is 2. The first-order valence-corrected chi connectivity index (χ1v) is 10.9. The summed E-state index contributed by atoms with van der Waals surface area (Å²) in [4.78, 5) is 27.4. The molecule has 0 aliphatic carbocycles. The Morgan fingerprint density at radius 1 is 0.939 bits per heavy atom. The van der Waals surface area contributed by atoms with Gasteiger partial charge in [0.2, 0.25) is 0 Å². The molecular weight excluding hydrogens is 410 g/mol. The number of hydrogen-bond acceptors (Lipinski definition) is 3. The van der Waals surface area contributed by atoms with Crippen LogP contribution >= 0.6 is 0 Å². The summed E-state index contributed by atoms with van der Waals surface area (Å²) in [5.41, 5.74) is 7.11. The predicted octanol–water partition coefficient (Wildman–Crippen LogP) is 6.33. The zero-order valence-electron chi connectivity index (χ0n) is 18.4. The lowest BCUT2D eigenvalue weighted by Crippen LogP contribution is -2.07. The molecule has 0 saturated heterocycles. The van der Waals surface area contributed by atoms with E-state index in [0.29, 0.717) is 5.56 Å². The van der Waals surface area contributed by atoms with E-state index >= 15 is 0 Å². The number of aryl methyl sites for hydroxylation is 2. The molecule has 1 unspecified atom stereocenters. The van der Waals surface area contributed by atoms with Crippen molar-refractivity contribution in [3.63, 3.8) is 0 Å². The molecule has 4 heteroatoms. The number of carbonyl (C=O) groups excluding carboxylic acids is 1. The predicted molar refractivity (Wildman–Crippen MR) is 130 cm³/mol. The highest BCUT2D eigenvalue weighted by molar-refractivity contribution is 5.89. The summed E-state index contributed by atoms with van der Waals surface area (Å²) < 4.78 is 0. The van der Waals surface area contributed by atoms with Gasteiger partial charge in [0, 0.05) is 23.4 Å². The monoisotopic (exact) mass is 435 g/mol. The van der Waals surface area contributed by atoms with Crippen LogP contribution in [0.2, 0.25) is 0 Å². The zero-order chi connectivity index (χ0) is 23.2. The summed E-state index contributed by atoms with van der Waals surface area (Å²) in [6.45, 7) is 1.97. The van der Waals surface area contributed by atoms with E-state index in [1.807, 2.05) is 61.7 Å². The fourth-order valence-electron chi connectivity index (χ4n) is 4.27. The van der Waals surface area contributed by atoms with E-state index in [-0.39, 0.29) is 11.5 Å². The molecule has 4 aromatic rings. The minimum Gasteiger partial charge on any atom is -0.478 e. The summed E-state index contributed by atoms with van der Waals surface area (Å²) in [5.74, 6) is -0.871. The second-order valence-corrected chi connectivity index (χ2v) is 8.15. The highest BCUT2D eigenvalue weighted by atomic mass is 16.4. The van der Waals surface area contributed by atoms with Crippen molar-refractivity contribution in [1.82, 2.24) is 4.98 Å². The SMILES string of the molecule is Cc1cc(C(CCc2cccc(-c3cccc(C(=O)O)c3)c2)c2ccccc2C=O)ccn1. The quantitative estimate of drug-likeness (QED) is 0.328. The summed E-state index contributed by atoms with van der Waals surface area (Å²) >= 11 is 0. The number of aldehydes is 1. The average Bonchev–Trinajstić information content (AvgIpc) is 2.85. The van der Waals surface area contributed by atoms with E-state index in [1.54, 1.807) is 18.2 Å². The van der Waals surface area contributed by atoms with Gasteiger partial charge in [0.15, 0.2) is 0 Å². The van der Waals surface area contributed by atoms with Crippen molar-refractivity contribution in [2.24, 2.45) is 0 Å². The van der Waals surface area contributed by atoms with Gasteiger partial charge in [-0.15, -0.1) is 0 Å². The molecule has 0 fully saturated rings. The third kappa shape index (κ3) is 5.24. The number of aromatic nitrogens is 1. The molecule has 1 heterocycles. The number of aromatic carboxylic acids is 1. The van der Waals surface area contributed by atoms with Crippen LogP contribution in [-0.4, -0.2) is 22.3 Å². The Morgan fingerprint density at radius 3 is 2.45 bits per heavy atom. The van der Waals surface area contributed by atoms with Gasteiger partial charge in [-0.1, -0.05) is 60.7 Å². The molecule has 1 atom stereocenters. The molecule has 0 aliphatic rings. The van der Waals surface area contributed by atoms with Crippen LogP contribution in [0.1, 0.15) is 55.4 Å². The van der Waals surface area contributed by atoms with Crippen LogP contribution in [0, 0.1) is 6.92 Å². The second kappa shape index (κ2) is 10.0. The Hall–Kier alpha value is -4.05. The van der Waals surface area contributed by atoms with Crippen LogP contribution in [-0.2, 0) is 6.42 Å². The molecule has 0 saturated carbocycles. The standard InChI is InChI=1S/C29H25NO3/c1-20-16-24(14-15-30-20)28(27-11-3-2-7-26(27)19-31)13-12-21-6-4-8-22(17-21)23-9-5-10-25(18-23)29(32)33/h2-11,14-19,28H,12-13H2,1H3,(H,32,33). The third-order valence-electron chi connectivity index (χ3n) is 5.91. The maximum atomic E-state index is 11.7. The molecule has 3 aromatic carbocycles. The van der Waals surface area contributed by atoms with Crippen LogP contribution in [0.4, 0.5) is 0 Å². The minimum absolute atomic E-state index is 0.0621. The highest BCUT2D eigenvalue weighted by Crippen LogP contribution is 2.32. The van der Waals surface area contributed by atoms with Crippen molar-refractivity contribution in [2.45, 2.75) is 25.7 Å². The smallest absolute Gasteiger partial charge is 0.335 e. The number of benzene rings is 3. The second-order valence-electron chi connectivity index (χ2n) is 8.15. The number of carboxylic acids is 1. The van der Waals surface area contributed by atoms with Crippen LogP contribution in [0.5, 0.6) is 0 Å². The van der Waals surface area contributed by atoms with E-state index in [9.17, 15) is 14.7 Å². The van der Waals surface area contributed by atoms with Gasteiger partial charge in [0.1, 0.15) is 6.29 Å². The van der Waals surface area contributed by atoms with Gasteiger partial charge in [-0.2, -0.15) is 0 Å². The van der Waals surface area contributed by atoms with Crippen molar-refractivity contribution in [2.75, 3.05) is 0 Å². The third-order valence-corrected chi connectivity index (χ3v) is 5.91. The van der Waals surface area contributed by atoms with E-state index < -0.39 is 5.97 Å². The molecular formula is C29H25NO3. The molecule has 4 nitrogen and oxygen atoms in total. The van der Waals surface area contributed by atoms with Gasteiger partial charge in [-0.05, 0) is 71.8 Å². The van der Waals surface area contributed by atoms with Crippen LogP contribution in [0.3, 0.4) is 0 Å². The normalized spacial score (nSPS) is 11.7. The highest BCUT2D eigenvalue weighted by Gasteiger charge is 2.18. The molecule has 1 aromatic heterocycles. The molecule has 0 spiro atoms. The summed E-state index contributed by atoms with van der Waals surface area (Å²) in [6.07, 6.45) is 4.38. The molecule has 4 rings (SSSR count). The maximum absolute atomic E-state index is 11.7. The Kier molecular flexibility index (Phi) is 6.75. The van der Waals surface area contributed by atoms with Gasteiger partial charge in [-0.25, -0.2) is 4.79 Å². The molecule has 1 N–H and O–H groups in total. The Labute approximate surface area is 193 Å². The van der Waals surface area contributed by atoms with E-state index in [4.69, 9.17) is 0 Å². The largest absolute Gasteiger partial charge is 0.478 e. The Balaban J connectivity index is 1.64.